The van der Waals surface area contributed by atoms with E-state index in [-0.39, 0.29) is 18.3 Å². The van der Waals surface area contributed by atoms with Crippen molar-refractivity contribution in [3.8, 4) is 0 Å². The summed E-state index contributed by atoms with van der Waals surface area (Å²) in [6, 6.07) is 8.89. The van der Waals surface area contributed by atoms with Crippen LogP contribution in [0.15, 0.2) is 24.3 Å². The number of hydrogen-bond acceptors (Lipinski definition) is 2. The maximum atomic E-state index is 12.9. The van der Waals surface area contributed by atoms with E-state index >= 15 is 0 Å². The Labute approximate surface area is 133 Å². The Morgan fingerprint density at radius 3 is 2.67 bits per heavy atom. The van der Waals surface area contributed by atoms with Crippen LogP contribution in [0.2, 0.25) is 0 Å². The molecule has 3 nitrogen and oxygen atoms in total. The van der Waals surface area contributed by atoms with Gasteiger partial charge < -0.3 is 10.2 Å². The zero-order chi connectivity index (χ0) is 13.9. The zero-order valence-corrected chi connectivity index (χ0v) is 13.5. The molecule has 1 amide bonds. The minimum Gasteiger partial charge on any atom is -0.342 e. The van der Waals surface area contributed by atoms with E-state index in [0.717, 1.165) is 45.2 Å². The molecule has 0 bridgehead atoms. The molecule has 116 valence electrons. The molecule has 0 spiro atoms. The molecule has 1 heterocycles. The molecule has 1 aliphatic heterocycles. The van der Waals surface area contributed by atoms with Crippen molar-refractivity contribution in [3.05, 3.63) is 35.4 Å². The summed E-state index contributed by atoms with van der Waals surface area (Å²) in [7, 11) is 2.00. The Morgan fingerprint density at radius 1 is 1.19 bits per heavy atom. The molecule has 1 unspecified atom stereocenters. The van der Waals surface area contributed by atoms with Gasteiger partial charge in [0, 0.05) is 13.1 Å². The van der Waals surface area contributed by atoms with Gasteiger partial charge in [-0.3, -0.25) is 4.79 Å². The van der Waals surface area contributed by atoms with Gasteiger partial charge in [-0.05, 0) is 56.3 Å². The molecule has 2 aliphatic rings. The van der Waals surface area contributed by atoms with Crippen LogP contribution in [0.25, 0.3) is 0 Å². The summed E-state index contributed by atoms with van der Waals surface area (Å²) >= 11 is 0. The van der Waals surface area contributed by atoms with Gasteiger partial charge in [-0.15, -0.1) is 12.4 Å². The number of nitrogens with zero attached hydrogens (tertiary/aromatic N) is 1. The summed E-state index contributed by atoms with van der Waals surface area (Å²) in [6.45, 7) is 2.06. The van der Waals surface area contributed by atoms with E-state index in [0.29, 0.717) is 11.9 Å². The van der Waals surface area contributed by atoms with E-state index in [9.17, 15) is 4.79 Å². The lowest BCUT2D eigenvalue weighted by atomic mass is 9.82. The lowest BCUT2D eigenvalue weighted by Gasteiger charge is -2.35. The maximum absolute atomic E-state index is 12.9. The monoisotopic (exact) mass is 308 g/mol. The second-order valence-electron chi connectivity index (χ2n) is 6.07. The van der Waals surface area contributed by atoms with Crippen molar-refractivity contribution < 1.29 is 4.79 Å². The van der Waals surface area contributed by atoms with Gasteiger partial charge in [-0.1, -0.05) is 24.3 Å². The quantitative estimate of drug-likeness (QED) is 0.911. The van der Waals surface area contributed by atoms with Crippen LogP contribution in [0.5, 0.6) is 0 Å². The second kappa shape index (κ2) is 7.28. The smallest absolute Gasteiger partial charge is 0.230 e. The number of nitrogens with one attached hydrogen (secondary N) is 1. The van der Waals surface area contributed by atoms with Crippen LogP contribution in [-0.2, 0) is 11.2 Å². The largest absolute Gasteiger partial charge is 0.342 e. The summed E-state index contributed by atoms with van der Waals surface area (Å²) in [4.78, 5) is 14.9. The first-order chi connectivity index (χ1) is 9.77. The summed E-state index contributed by atoms with van der Waals surface area (Å²) < 4.78 is 0. The Morgan fingerprint density at radius 2 is 1.90 bits per heavy atom. The highest BCUT2D eigenvalue weighted by Gasteiger charge is 2.31. The minimum absolute atomic E-state index is 0. The number of likely N-dealkylation sites (N-methyl/N-ethyl adjacent to an activating group) is 1. The number of amides is 1. The van der Waals surface area contributed by atoms with E-state index in [4.69, 9.17) is 0 Å². The molecule has 1 saturated heterocycles. The summed E-state index contributed by atoms with van der Waals surface area (Å²) in [6.07, 6.45) is 5.42. The van der Waals surface area contributed by atoms with E-state index in [1.807, 2.05) is 11.9 Å². The Balaban J connectivity index is 0.00000161. The molecule has 1 aromatic carbocycles. The highest BCUT2D eigenvalue weighted by atomic mass is 35.5. The summed E-state index contributed by atoms with van der Waals surface area (Å²) in [5.41, 5.74) is 2.64. The number of fused-ring (bicyclic) bond motifs is 1. The van der Waals surface area contributed by atoms with Crippen LogP contribution in [0.1, 0.15) is 42.7 Å². The average Bonchev–Trinajstić information content (AvgIpc) is 2.54. The van der Waals surface area contributed by atoms with Crippen LogP contribution in [0, 0.1) is 0 Å². The molecule has 0 saturated carbocycles. The zero-order valence-electron chi connectivity index (χ0n) is 12.7. The van der Waals surface area contributed by atoms with Crippen molar-refractivity contribution in [1.29, 1.82) is 0 Å². The predicted molar refractivity (Wildman–Crippen MR) is 88.0 cm³/mol. The average molecular weight is 309 g/mol. The highest BCUT2D eigenvalue weighted by molar-refractivity contribution is 5.85. The molecular weight excluding hydrogens is 284 g/mol. The van der Waals surface area contributed by atoms with Crippen molar-refractivity contribution in [3.63, 3.8) is 0 Å². The second-order valence-corrected chi connectivity index (χ2v) is 6.07. The van der Waals surface area contributed by atoms with E-state index in [2.05, 4.69) is 29.6 Å². The van der Waals surface area contributed by atoms with Gasteiger partial charge in [0.1, 0.15) is 0 Å². The Hall–Kier alpha value is -1.06. The third kappa shape index (κ3) is 3.41. The van der Waals surface area contributed by atoms with Crippen LogP contribution in [0.3, 0.4) is 0 Å². The van der Waals surface area contributed by atoms with Crippen LogP contribution < -0.4 is 5.32 Å². The SMILES string of the molecule is CN(C(=O)C1CCCc2ccccc21)C1CCNCC1.Cl. The van der Waals surface area contributed by atoms with Crippen molar-refractivity contribution in [2.75, 3.05) is 20.1 Å². The summed E-state index contributed by atoms with van der Waals surface area (Å²) in [5.74, 6) is 0.406. The van der Waals surface area contributed by atoms with Gasteiger partial charge >= 0.3 is 0 Å². The first-order valence-electron chi connectivity index (χ1n) is 7.82. The number of halogens is 1. The molecule has 1 N–H and O–H groups in total. The topological polar surface area (TPSA) is 32.3 Å². The van der Waals surface area contributed by atoms with Gasteiger partial charge in [-0.2, -0.15) is 0 Å². The summed E-state index contributed by atoms with van der Waals surface area (Å²) in [5, 5.41) is 3.37. The molecule has 4 heteroatoms. The molecule has 0 radical (unpaired) electrons. The minimum atomic E-state index is 0. The normalized spacial score (nSPS) is 22.0. The number of rotatable bonds is 2. The Kier molecular flexibility index (Phi) is 5.65. The number of benzene rings is 1. The number of piperidine rings is 1. The molecule has 3 rings (SSSR count). The molecular formula is C17H25ClN2O. The Bertz CT molecular complexity index is 485. The fourth-order valence-corrected chi connectivity index (χ4v) is 3.63. The maximum Gasteiger partial charge on any atom is 0.230 e. The van der Waals surface area contributed by atoms with E-state index in [1.54, 1.807) is 0 Å². The molecule has 0 aromatic heterocycles. The van der Waals surface area contributed by atoms with Crippen molar-refractivity contribution >= 4 is 18.3 Å². The van der Waals surface area contributed by atoms with Crippen molar-refractivity contribution in [2.24, 2.45) is 0 Å². The first kappa shape index (κ1) is 16.3. The standard InChI is InChI=1S/C17H24N2O.ClH/c1-19(14-9-11-18-12-10-14)17(20)16-8-4-6-13-5-2-3-7-15(13)16;/h2-3,5,7,14,16,18H,4,6,8-12H2,1H3;1H. The lowest BCUT2D eigenvalue weighted by Crippen LogP contribution is -2.46. The van der Waals surface area contributed by atoms with Crippen LogP contribution in [-0.4, -0.2) is 37.0 Å². The fraction of sp³-hybridized carbons (Fsp3) is 0.588. The van der Waals surface area contributed by atoms with Gasteiger partial charge in [0.25, 0.3) is 0 Å². The van der Waals surface area contributed by atoms with Crippen LogP contribution in [0.4, 0.5) is 0 Å². The third-order valence-electron chi connectivity index (χ3n) is 4.87. The van der Waals surface area contributed by atoms with Crippen LogP contribution >= 0.6 is 12.4 Å². The van der Waals surface area contributed by atoms with E-state index < -0.39 is 0 Å². The van der Waals surface area contributed by atoms with Gasteiger partial charge in [0.15, 0.2) is 0 Å². The third-order valence-corrected chi connectivity index (χ3v) is 4.87. The van der Waals surface area contributed by atoms with Crippen molar-refractivity contribution in [1.82, 2.24) is 10.2 Å². The van der Waals surface area contributed by atoms with Crippen molar-refractivity contribution in [2.45, 2.75) is 44.1 Å². The number of carbonyl (C=O) groups is 1. The van der Waals surface area contributed by atoms with Gasteiger partial charge in [0.05, 0.1) is 5.92 Å². The number of hydrogen-bond donors (Lipinski definition) is 1. The molecule has 1 aliphatic carbocycles. The number of carbonyl (C=O) groups excluding carboxylic acids is 1. The van der Waals surface area contributed by atoms with E-state index in [1.165, 1.54) is 11.1 Å². The fourth-order valence-electron chi connectivity index (χ4n) is 3.63. The molecule has 1 atom stereocenters. The number of aryl methyl sites for hydroxylation is 1. The lowest BCUT2D eigenvalue weighted by molar-refractivity contribution is -0.134. The highest BCUT2D eigenvalue weighted by Crippen LogP contribution is 2.33. The predicted octanol–water partition coefficient (Wildman–Crippen LogP) is 2.74. The molecule has 1 fully saturated rings. The first-order valence-corrected chi connectivity index (χ1v) is 7.82. The molecule has 1 aromatic rings. The van der Waals surface area contributed by atoms with Gasteiger partial charge in [0.2, 0.25) is 5.91 Å². The van der Waals surface area contributed by atoms with Gasteiger partial charge in [-0.25, -0.2) is 0 Å². The molecule has 21 heavy (non-hydrogen) atoms.